The van der Waals surface area contributed by atoms with Crippen LogP contribution in [0.1, 0.15) is 29.8 Å². The number of hydrogen-bond donors (Lipinski definition) is 2. The number of rotatable bonds is 3. The van der Waals surface area contributed by atoms with Gasteiger partial charge >= 0.3 is 0 Å². The molecule has 1 fully saturated rings. The number of hydrogen-bond acceptors (Lipinski definition) is 5. The molecular formula is C20H24N4S. The van der Waals surface area contributed by atoms with Crippen LogP contribution in [0.2, 0.25) is 0 Å². The molecule has 5 heteroatoms. The predicted molar refractivity (Wildman–Crippen MR) is 107 cm³/mol. The van der Waals surface area contributed by atoms with Crippen molar-refractivity contribution in [3.8, 4) is 11.1 Å². The van der Waals surface area contributed by atoms with Gasteiger partial charge in [-0.1, -0.05) is 18.2 Å². The van der Waals surface area contributed by atoms with Gasteiger partial charge in [-0.15, -0.1) is 11.3 Å². The lowest BCUT2D eigenvalue weighted by Gasteiger charge is -2.24. The van der Waals surface area contributed by atoms with Crippen molar-refractivity contribution in [2.45, 2.75) is 39.7 Å². The summed E-state index contributed by atoms with van der Waals surface area (Å²) in [4.78, 5) is 10.5. The molecule has 3 aromatic rings. The standard InChI is InChI=1S/C20H24N4S/c1-12-4-5-15(10-13(12)2)17-11-25-20-18(17)19(22-14(3)23-20)24-16-6-8-21-9-7-16/h4-5,10-11,16,21H,6-9H2,1-3H3,(H,22,23,24). The average Bonchev–Trinajstić information content (AvgIpc) is 3.02. The fraction of sp³-hybridized carbons (Fsp3) is 0.400. The quantitative estimate of drug-likeness (QED) is 0.731. The van der Waals surface area contributed by atoms with Gasteiger partial charge in [0, 0.05) is 17.0 Å². The summed E-state index contributed by atoms with van der Waals surface area (Å²) in [5.74, 6) is 1.82. The summed E-state index contributed by atoms with van der Waals surface area (Å²) in [6.45, 7) is 8.43. The molecule has 0 saturated carbocycles. The monoisotopic (exact) mass is 352 g/mol. The third kappa shape index (κ3) is 3.26. The molecule has 2 N–H and O–H groups in total. The highest BCUT2D eigenvalue weighted by Crippen LogP contribution is 2.38. The van der Waals surface area contributed by atoms with Crippen molar-refractivity contribution in [2.75, 3.05) is 18.4 Å². The number of piperidine rings is 1. The SMILES string of the molecule is Cc1nc(NC2CCNCC2)c2c(-c3ccc(C)c(C)c3)csc2n1. The van der Waals surface area contributed by atoms with E-state index in [0.717, 1.165) is 47.8 Å². The minimum atomic E-state index is 0.478. The molecule has 0 unspecified atom stereocenters. The molecule has 1 saturated heterocycles. The molecule has 130 valence electrons. The minimum Gasteiger partial charge on any atom is -0.367 e. The Labute approximate surface area is 152 Å². The molecule has 0 aliphatic carbocycles. The minimum absolute atomic E-state index is 0.478. The fourth-order valence-corrected chi connectivity index (χ4v) is 4.43. The maximum Gasteiger partial charge on any atom is 0.139 e. The van der Waals surface area contributed by atoms with E-state index >= 15 is 0 Å². The number of aryl methyl sites for hydroxylation is 3. The number of thiophene rings is 1. The first-order valence-electron chi connectivity index (χ1n) is 8.92. The first-order valence-corrected chi connectivity index (χ1v) is 9.80. The zero-order chi connectivity index (χ0) is 17.4. The van der Waals surface area contributed by atoms with Gasteiger partial charge < -0.3 is 10.6 Å². The van der Waals surface area contributed by atoms with Crippen LogP contribution in [0, 0.1) is 20.8 Å². The lowest BCUT2D eigenvalue weighted by molar-refractivity contribution is 0.478. The molecule has 1 aliphatic heterocycles. The van der Waals surface area contributed by atoms with Gasteiger partial charge in [-0.25, -0.2) is 9.97 Å². The largest absolute Gasteiger partial charge is 0.367 e. The van der Waals surface area contributed by atoms with Crippen molar-refractivity contribution in [2.24, 2.45) is 0 Å². The second-order valence-electron chi connectivity index (χ2n) is 6.92. The van der Waals surface area contributed by atoms with Gasteiger partial charge in [-0.2, -0.15) is 0 Å². The highest BCUT2D eigenvalue weighted by molar-refractivity contribution is 7.17. The van der Waals surface area contributed by atoms with Crippen LogP contribution in [0.15, 0.2) is 23.6 Å². The lowest BCUT2D eigenvalue weighted by Crippen LogP contribution is -2.35. The van der Waals surface area contributed by atoms with Crippen LogP contribution >= 0.6 is 11.3 Å². The molecule has 4 nitrogen and oxygen atoms in total. The molecule has 0 atom stereocenters. The van der Waals surface area contributed by atoms with Crippen molar-refractivity contribution in [3.63, 3.8) is 0 Å². The predicted octanol–water partition coefficient (Wildman–Crippen LogP) is 4.45. The Balaban J connectivity index is 1.81. The number of nitrogens with zero attached hydrogens (tertiary/aromatic N) is 2. The third-order valence-corrected chi connectivity index (χ3v) is 5.92. The van der Waals surface area contributed by atoms with Crippen molar-refractivity contribution in [1.82, 2.24) is 15.3 Å². The molecule has 0 radical (unpaired) electrons. The molecule has 0 spiro atoms. The van der Waals surface area contributed by atoms with Crippen LogP contribution in [0.3, 0.4) is 0 Å². The first kappa shape index (κ1) is 16.5. The molecule has 3 heterocycles. The summed E-state index contributed by atoms with van der Waals surface area (Å²) in [6.07, 6.45) is 2.27. The smallest absolute Gasteiger partial charge is 0.139 e. The van der Waals surface area contributed by atoms with E-state index in [1.807, 2.05) is 6.92 Å². The van der Waals surface area contributed by atoms with Crippen LogP contribution in [0.5, 0.6) is 0 Å². The van der Waals surface area contributed by atoms with E-state index in [1.165, 1.54) is 22.3 Å². The van der Waals surface area contributed by atoms with E-state index in [4.69, 9.17) is 4.98 Å². The number of nitrogens with one attached hydrogen (secondary N) is 2. The van der Waals surface area contributed by atoms with Gasteiger partial charge in [-0.05, 0) is 63.4 Å². The topological polar surface area (TPSA) is 49.8 Å². The zero-order valence-electron chi connectivity index (χ0n) is 15.0. The summed E-state index contributed by atoms with van der Waals surface area (Å²) < 4.78 is 0. The summed E-state index contributed by atoms with van der Waals surface area (Å²) in [5, 5.41) is 10.5. The van der Waals surface area contributed by atoms with Crippen LogP contribution in [0.4, 0.5) is 5.82 Å². The zero-order valence-corrected chi connectivity index (χ0v) is 15.8. The molecule has 1 aliphatic rings. The van der Waals surface area contributed by atoms with Crippen molar-refractivity contribution in [3.05, 3.63) is 40.5 Å². The molecule has 0 amide bonds. The van der Waals surface area contributed by atoms with E-state index in [0.29, 0.717) is 6.04 Å². The Hall–Kier alpha value is -1.98. The lowest BCUT2D eigenvalue weighted by atomic mass is 10.0. The van der Waals surface area contributed by atoms with Crippen molar-refractivity contribution >= 4 is 27.4 Å². The summed E-state index contributed by atoms with van der Waals surface area (Å²) in [5.41, 5.74) is 5.12. The van der Waals surface area contributed by atoms with E-state index in [9.17, 15) is 0 Å². The summed E-state index contributed by atoms with van der Waals surface area (Å²) in [7, 11) is 0. The molecule has 0 bridgehead atoms. The summed E-state index contributed by atoms with van der Waals surface area (Å²) in [6, 6.07) is 7.15. The van der Waals surface area contributed by atoms with Gasteiger partial charge in [0.2, 0.25) is 0 Å². The molecular weight excluding hydrogens is 328 g/mol. The van der Waals surface area contributed by atoms with Gasteiger partial charge in [0.25, 0.3) is 0 Å². The van der Waals surface area contributed by atoms with Crippen LogP contribution in [0.25, 0.3) is 21.3 Å². The molecule has 1 aromatic carbocycles. The van der Waals surface area contributed by atoms with Crippen LogP contribution in [-0.4, -0.2) is 29.1 Å². The second-order valence-corrected chi connectivity index (χ2v) is 7.77. The maximum absolute atomic E-state index is 4.76. The molecule has 25 heavy (non-hydrogen) atoms. The van der Waals surface area contributed by atoms with Crippen molar-refractivity contribution in [1.29, 1.82) is 0 Å². The van der Waals surface area contributed by atoms with Gasteiger partial charge in [0.05, 0.1) is 5.39 Å². The maximum atomic E-state index is 4.76. The molecule has 2 aromatic heterocycles. The highest BCUT2D eigenvalue weighted by Gasteiger charge is 2.19. The summed E-state index contributed by atoms with van der Waals surface area (Å²) >= 11 is 1.71. The normalized spacial score (nSPS) is 15.6. The third-order valence-electron chi connectivity index (χ3n) is 5.04. The highest BCUT2D eigenvalue weighted by atomic mass is 32.1. The van der Waals surface area contributed by atoms with Crippen LogP contribution in [-0.2, 0) is 0 Å². The van der Waals surface area contributed by atoms with E-state index in [2.05, 4.69) is 53.0 Å². The number of benzene rings is 1. The Morgan fingerprint density at radius 2 is 1.88 bits per heavy atom. The van der Waals surface area contributed by atoms with Gasteiger partial charge in [-0.3, -0.25) is 0 Å². The van der Waals surface area contributed by atoms with Crippen LogP contribution < -0.4 is 10.6 Å². The number of aromatic nitrogens is 2. The van der Waals surface area contributed by atoms with Gasteiger partial charge in [0.15, 0.2) is 0 Å². The number of anilines is 1. The van der Waals surface area contributed by atoms with E-state index in [-0.39, 0.29) is 0 Å². The van der Waals surface area contributed by atoms with Gasteiger partial charge in [0.1, 0.15) is 16.5 Å². The van der Waals surface area contributed by atoms with E-state index < -0.39 is 0 Å². The Bertz CT molecular complexity index is 909. The average molecular weight is 353 g/mol. The number of fused-ring (bicyclic) bond motifs is 1. The second kappa shape index (κ2) is 6.73. The Morgan fingerprint density at radius 1 is 1.08 bits per heavy atom. The van der Waals surface area contributed by atoms with E-state index in [1.54, 1.807) is 11.3 Å². The molecule has 4 rings (SSSR count). The Morgan fingerprint density at radius 3 is 2.64 bits per heavy atom. The first-order chi connectivity index (χ1) is 12.1. The Kier molecular flexibility index (Phi) is 4.44. The van der Waals surface area contributed by atoms with Crippen molar-refractivity contribution < 1.29 is 0 Å². The fourth-order valence-electron chi connectivity index (χ4n) is 3.43.